The smallest absolute Gasteiger partial charge is 0.265 e. The van der Waals surface area contributed by atoms with Gasteiger partial charge in [0.1, 0.15) is 10.7 Å². The molecule has 0 unspecified atom stereocenters. The number of hydrogen-bond acceptors (Lipinski definition) is 5. The van der Waals surface area contributed by atoms with Crippen LogP contribution in [0.25, 0.3) is 0 Å². The fourth-order valence-corrected chi connectivity index (χ4v) is 2.12. The van der Waals surface area contributed by atoms with Crippen molar-refractivity contribution in [3.05, 3.63) is 4.88 Å². The highest BCUT2D eigenvalue weighted by Gasteiger charge is 2.18. The summed E-state index contributed by atoms with van der Waals surface area (Å²) in [7, 11) is 0. The van der Waals surface area contributed by atoms with E-state index in [1.807, 2.05) is 27.7 Å². The van der Waals surface area contributed by atoms with Crippen molar-refractivity contribution in [2.75, 3.05) is 17.6 Å². The molecule has 0 saturated heterocycles. The Labute approximate surface area is 99.4 Å². The summed E-state index contributed by atoms with van der Waals surface area (Å²) in [5, 5.41) is 6.56. The van der Waals surface area contributed by atoms with Crippen LogP contribution in [0.3, 0.4) is 0 Å². The molecule has 1 amide bonds. The molecule has 4 N–H and O–H groups in total. The molecule has 0 aromatic carbocycles. The molecule has 0 aliphatic carbocycles. The van der Waals surface area contributed by atoms with Gasteiger partial charge in [0.2, 0.25) is 0 Å². The first-order valence-corrected chi connectivity index (χ1v) is 5.98. The molecule has 1 heterocycles. The molecule has 5 nitrogen and oxygen atoms in total. The molecule has 0 saturated carbocycles. The minimum Gasteiger partial charge on any atom is -0.382 e. The van der Waals surface area contributed by atoms with Gasteiger partial charge >= 0.3 is 0 Å². The third-order valence-corrected chi connectivity index (χ3v) is 2.66. The second-order valence-corrected chi connectivity index (χ2v) is 5.47. The zero-order chi connectivity index (χ0) is 12.3. The van der Waals surface area contributed by atoms with E-state index < -0.39 is 0 Å². The zero-order valence-electron chi connectivity index (χ0n) is 10.0. The summed E-state index contributed by atoms with van der Waals surface area (Å²) in [6, 6.07) is 0. The van der Waals surface area contributed by atoms with Gasteiger partial charge in [0, 0.05) is 12.1 Å². The van der Waals surface area contributed by atoms with E-state index in [1.54, 1.807) is 0 Å². The number of anilines is 2. The number of amides is 1. The molecule has 0 atom stereocenters. The number of nitrogens with zero attached hydrogens (tertiary/aromatic N) is 1. The van der Waals surface area contributed by atoms with E-state index in [0.717, 1.165) is 0 Å². The molecule has 1 rings (SSSR count). The molecule has 0 aliphatic heterocycles. The van der Waals surface area contributed by atoms with Gasteiger partial charge in [-0.05, 0) is 27.7 Å². The van der Waals surface area contributed by atoms with E-state index in [9.17, 15) is 4.79 Å². The molecule has 6 heteroatoms. The van der Waals surface area contributed by atoms with Crippen LogP contribution in [0, 0.1) is 0 Å². The van der Waals surface area contributed by atoms with Crippen molar-refractivity contribution in [3.8, 4) is 0 Å². The van der Waals surface area contributed by atoms with Crippen LogP contribution in [-0.4, -0.2) is 23.0 Å². The Morgan fingerprint density at radius 1 is 1.50 bits per heavy atom. The van der Waals surface area contributed by atoms with Crippen LogP contribution in [0.2, 0.25) is 0 Å². The molecule has 90 valence electrons. The number of thiazole rings is 1. The van der Waals surface area contributed by atoms with Gasteiger partial charge in [0.25, 0.3) is 5.91 Å². The first kappa shape index (κ1) is 12.8. The van der Waals surface area contributed by atoms with E-state index in [1.165, 1.54) is 11.3 Å². The predicted octanol–water partition coefficient (Wildman–Crippen LogP) is 1.69. The Hall–Kier alpha value is -1.30. The van der Waals surface area contributed by atoms with Gasteiger partial charge in [-0.2, -0.15) is 0 Å². The fraction of sp³-hybridized carbons (Fsp3) is 0.600. The number of nitrogens with one attached hydrogen (secondary N) is 2. The lowest BCUT2D eigenvalue weighted by molar-refractivity contribution is 0.0960. The fourth-order valence-electron chi connectivity index (χ4n) is 1.11. The molecule has 0 spiro atoms. The van der Waals surface area contributed by atoms with Gasteiger partial charge in [-0.3, -0.25) is 4.79 Å². The number of nitrogen functional groups attached to an aromatic ring is 1. The molecule has 0 bridgehead atoms. The van der Waals surface area contributed by atoms with E-state index in [2.05, 4.69) is 15.6 Å². The Kier molecular flexibility index (Phi) is 3.74. The van der Waals surface area contributed by atoms with E-state index in [0.29, 0.717) is 16.6 Å². The summed E-state index contributed by atoms with van der Waals surface area (Å²) in [5.41, 5.74) is 5.60. The van der Waals surface area contributed by atoms with Gasteiger partial charge in [-0.15, -0.1) is 0 Å². The molecule has 0 fully saturated rings. The van der Waals surface area contributed by atoms with Crippen LogP contribution in [0.15, 0.2) is 0 Å². The third kappa shape index (κ3) is 3.37. The van der Waals surface area contributed by atoms with Crippen molar-refractivity contribution in [1.82, 2.24) is 10.3 Å². The highest BCUT2D eigenvalue weighted by molar-refractivity contribution is 7.18. The maximum absolute atomic E-state index is 11.6. The standard InChI is InChI=1S/C10H18N4OS/c1-5-12-8(15)6-7(11)13-9(16-6)14-10(2,3)4/h5,11H2,1-4H3,(H,12,15)(H,13,14). The van der Waals surface area contributed by atoms with E-state index in [4.69, 9.17) is 5.73 Å². The summed E-state index contributed by atoms with van der Waals surface area (Å²) in [5.74, 6) is 0.113. The van der Waals surface area contributed by atoms with E-state index in [-0.39, 0.29) is 17.3 Å². The number of rotatable bonds is 3. The Morgan fingerprint density at radius 2 is 2.12 bits per heavy atom. The number of aromatic nitrogens is 1. The molecule has 1 aromatic heterocycles. The molecule has 16 heavy (non-hydrogen) atoms. The summed E-state index contributed by atoms with van der Waals surface area (Å²) >= 11 is 1.28. The Bertz CT molecular complexity index is 381. The summed E-state index contributed by atoms with van der Waals surface area (Å²) in [6.07, 6.45) is 0. The molecular formula is C10H18N4OS. The van der Waals surface area contributed by atoms with Gasteiger partial charge in [-0.25, -0.2) is 4.98 Å². The summed E-state index contributed by atoms with van der Waals surface area (Å²) in [4.78, 5) is 16.2. The third-order valence-electron chi connectivity index (χ3n) is 1.68. The first-order chi connectivity index (χ1) is 7.33. The van der Waals surface area contributed by atoms with Crippen LogP contribution in [0.4, 0.5) is 10.9 Å². The van der Waals surface area contributed by atoms with Crippen molar-refractivity contribution in [2.45, 2.75) is 33.2 Å². The molecule has 1 aromatic rings. The first-order valence-electron chi connectivity index (χ1n) is 5.16. The summed E-state index contributed by atoms with van der Waals surface area (Å²) < 4.78 is 0. The minimum atomic E-state index is -0.167. The number of carbonyl (C=O) groups is 1. The SMILES string of the molecule is CCNC(=O)c1sc(NC(C)(C)C)nc1N. The van der Waals surface area contributed by atoms with Gasteiger partial charge < -0.3 is 16.4 Å². The van der Waals surface area contributed by atoms with Crippen LogP contribution in [-0.2, 0) is 0 Å². The normalized spacial score (nSPS) is 11.2. The van der Waals surface area contributed by atoms with Gasteiger partial charge in [0.15, 0.2) is 5.13 Å². The van der Waals surface area contributed by atoms with Gasteiger partial charge in [-0.1, -0.05) is 11.3 Å². The van der Waals surface area contributed by atoms with Crippen molar-refractivity contribution < 1.29 is 4.79 Å². The predicted molar refractivity (Wildman–Crippen MR) is 67.9 cm³/mol. The Balaban J connectivity index is 2.86. The number of carbonyl (C=O) groups excluding carboxylic acids is 1. The van der Waals surface area contributed by atoms with Crippen LogP contribution >= 0.6 is 11.3 Å². The molecular weight excluding hydrogens is 224 g/mol. The minimum absolute atomic E-state index is 0.0944. The van der Waals surface area contributed by atoms with Crippen LogP contribution in [0.5, 0.6) is 0 Å². The maximum Gasteiger partial charge on any atom is 0.265 e. The average Bonchev–Trinajstić information content (AvgIpc) is 2.44. The average molecular weight is 242 g/mol. The van der Waals surface area contributed by atoms with Crippen LogP contribution in [0.1, 0.15) is 37.4 Å². The topological polar surface area (TPSA) is 80.0 Å². The highest BCUT2D eigenvalue weighted by atomic mass is 32.1. The quantitative estimate of drug-likeness (QED) is 0.753. The van der Waals surface area contributed by atoms with E-state index >= 15 is 0 Å². The zero-order valence-corrected chi connectivity index (χ0v) is 10.9. The second-order valence-electron chi connectivity index (χ2n) is 4.47. The lowest BCUT2D eigenvalue weighted by atomic mass is 10.1. The van der Waals surface area contributed by atoms with Crippen molar-refractivity contribution in [2.24, 2.45) is 0 Å². The monoisotopic (exact) mass is 242 g/mol. The van der Waals surface area contributed by atoms with Crippen molar-refractivity contribution >= 4 is 28.2 Å². The van der Waals surface area contributed by atoms with Crippen LogP contribution < -0.4 is 16.4 Å². The second kappa shape index (κ2) is 4.69. The number of nitrogens with two attached hydrogens (primary N) is 1. The van der Waals surface area contributed by atoms with Crippen molar-refractivity contribution in [1.29, 1.82) is 0 Å². The largest absolute Gasteiger partial charge is 0.382 e. The lowest BCUT2D eigenvalue weighted by Gasteiger charge is -2.19. The highest BCUT2D eigenvalue weighted by Crippen LogP contribution is 2.26. The molecule has 0 radical (unpaired) electrons. The Morgan fingerprint density at radius 3 is 2.62 bits per heavy atom. The molecule has 0 aliphatic rings. The lowest BCUT2D eigenvalue weighted by Crippen LogP contribution is -2.25. The number of hydrogen-bond donors (Lipinski definition) is 3. The van der Waals surface area contributed by atoms with Gasteiger partial charge in [0.05, 0.1) is 0 Å². The maximum atomic E-state index is 11.6. The van der Waals surface area contributed by atoms with Crippen molar-refractivity contribution in [3.63, 3.8) is 0 Å². The summed E-state index contributed by atoms with van der Waals surface area (Å²) in [6.45, 7) is 8.52.